The van der Waals surface area contributed by atoms with Crippen LogP contribution in [-0.4, -0.2) is 7.11 Å². The van der Waals surface area contributed by atoms with Crippen molar-refractivity contribution in [3.05, 3.63) is 70.5 Å². The smallest absolute Gasteiger partial charge is 0.162 e. The first-order valence-electron chi connectivity index (χ1n) is 12.5. The summed E-state index contributed by atoms with van der Waals surface area (Å²) in [6.45, 7) is 2.21. The second-order valence-electron chi connectivity index (χ2n) is 9.86. The van der Waals surface area contributed by atoms with Gasteiger partial charge in [-0.2, -0.15) is 0 Å². The number of benzene rings is 2. The molecule has 0 N–H and O–H groups in total. The average Bonchev–Trinajstić information content (AvgIpc) is 2.85. The molecule has 0 amide bonds. The lowest BCUT2D eigenvalue weighted by Crippen LogP contribution is -2.16. The minimum absolute atomic E-state index is 0.0479. The maximum absolute atomic E-state index is 15.1. The Labute approximate surface area is 196 Å². The highest BCUT2D eigenvalue weighted by Crippen LogP contribution is 2.42. The molecule has 2 aromatic carbocycles. The molecule has 0 radical (unpaired) electrons. The van der Waals surface area contributed by atoms with Gasteiger partial charge in [-0.05, 0) is 98.3 Å². The Morgan fingerprint density at radius 3 is 1.91 bits per heavy atom. The SMILES string of the molecule is CCC1CCC(c2ccc(C3CCC(/C=C/c4ccc(OC)cc4F)CC3)c(F)c2F)CC1. The fraction of sp³-hybridized carbons (Fsp3) is 0.517. The number of methoxy groups -OCH3 is 1. The van der Waals surface area contributed by atoms with E-state index in [9.17, 15) is 4.39 Å². The number of allylic oxidation sites excluding steroid dienone is 1. The standard InChI is InChI=1S/C29H35F3O/c1-3-19-4-9-21(10-5-19)25-16-17-26(29(32)28(25)31)22-11-6-20(7-12-22)8-13-23-14-15-24(33-2)18-27(23)30/h8,13-22H,3-7,9-12H2,1-2H3/b13-8+. The fourth-order valence-electron chi connectivity index (χ4n) is 5.72. The summed E-state index contributed by atoms with van der Waals surface area (Å²) in [5.74, 6) is 0.193. The summed E-state index contributed by atoms with van der Waals surface area (Å²) in [5.41, 5.74) is 1.64. The molecule has 0 atom stereocenters. The second-order valence-corrected chi connectivity index (χ2v) is 9.86. The zero-order valence-electron chi connectivity index (χ0n) is 19.8. The van der Waals surface area contributed by atoms with Crippen LogP contribution in [-0.2, 0) is 0 Å². The van der Waals surface area contributed by atoms with Crippen molar-refractivity contribution in [2.75, 3.05) is 7.11 Å². The van der Waals surface area contributed by atoms with Crippen molar-refractivity contribution in [3.8, 4) is 5.75 Å². The van der Waals surface area contributed by atoms with Gasteiger partial charge in [0.05, 0.1) is 7.11 Å². The average molecular weight is 457 g/mol. The quantitative estimate of drug-likeness (QED) is 0.422. The molecule has 2 aliphatic rings. The monoisotopic (exact) mass is 456 g/mol. The number of ether oxygens (including phenoxy) is 1. The highest BCUT2D eigenvalue weighted by Gasteiger charge is 2.29. The van der Waals surface area contributed by atoms with Gasteiger partial charge >= 0.3 is 0 Å². The van der Waals surface area contributed by atoms with Crippen LogP contribution in [0, 0.1) is 29.3 Å². The van der Waals surface area contributed by atoms with Gasteiger partial charge in [0.15, 0.2) is 11.6 Å². The van der Waals surface area contributed by atoms with E-state index in [0.717, 1.165) is 57.3 Å². The Morgan fingerprint density at radius 1 is 0.818 bits per heavy atom. The first-order valence-corrected chi connectivity index (χ1v) is 12.5. The van der Waals surface area contributed by atoms with Crippen molar-refractivity contribution in [2.24, 2.45) is 11.8 Å². The van der Waals surface area contributed by atoms with Gasteiger partial charge in [0.1, 0.15) is 11.6 Å². The van der Waals surface area contributed by atoms with Crippen LogP contribution in [0.3, 0.4) is 0 Å². The van der Waals surface area contributed by atoms with Crippen LogP contribution in [0.15, 0.2) is 36.4 Å². The van der Waals surface area contributed by atoms with Crippen LogP contribution >= 0.6 is 0 Å². The van der Waals surface area contributed by atoms with E-state index in [4.69, 9.17) is 4.74 Å². The minimum atomic E-state index is -0.635. The molecule has 2 aliphatic carbocycles. The van der Waals surface area contributed by atoms with E-state index in [0.29, 0.717) is 28.4 Å². The van der Waals surface area contributed by atoms with E-state index in [1.165, 1.54) is 19.6 Å². The van der Waals surface area contributed by atoms with Gasteiger partial charge in [0.25, 0.3) is 0 Å². The van der Waals surface area contributed by atoms with Gasteiger partial charge < -0.3 is 4.74 Å². The lowest BCUT2D eigenvalue weighted by molar-refractivity contribution is 0.311. The minimum Gasteiger partial charge on any atom is -0.497 e. The van der Waals surface area contributed by atoms with Crippen molar-refractivity contribution in [1.82, 2.24) is 0 Å². The van der Waals surface area contributed by atoms with Gasteiger partial charge in [-0.15, -0.1) is 0 Å². The van der Waals surface area contributed by atoms with E-state index in [-0.39, 0.29) is 17.7 Å². The molecule has 2 saturated carbocycles. The van der Waals surface area contributed by atoms with Gasteiger partial charge in [0, 0.05) is 11.6 Å². The van der Waals surface area contributed by atoms with Crippen LogP contribution in [0.25, 0.3) is 6.08 Å². The number of halogens is 3. The van der Waals surface area contributed by atoms with E-state index in [1.807, 2.05) is 24.3 Å². The molecule has 2 fully saturated rings. The number of hydrogen-bond donors (Lipinski definition) is 0. The second kappa shape index (κ2) is 10.8. The molecular formula is C29H35F3O. The Morgan fingerprint density at radius 2 is 1.39 bits per heavy atom. The topological polar surface area (TPSA) is 9.23 Å². The molecule has 2 aromatic rings. The predicted molar refractivity (Wildman–Crippen MR) is 128 cm³/mol. The van der Waals surface area contributed by atoms with E-state index in [2.05, 4.69) is 6.92 Å². The summed E-state index contributed by atoms with van der Waals surface area (Å²) >= 11 is 0. The van der Waals surface area contributed by atoms with Crippen molar-refractivity contribution in [1.29, 1.82) is 0 Å². The molecule has 0 aliphatic heterocycles. The summed E-state index contributed by atoms with van der Waals surface area (Å²) in [6, 6.07) is 8.53. The maximum atomic E-state index is 15.1. The largest absolute Gasteiger partial charge is 0.497 e. The van der Waals surface area contributed by atoms with Gasteiger partial charge in [-0.3, -0.25) is 0 Å². The summed E-state index contributed by atoms with van der Waals surface area (Å²) in [5, 5.41) is 0. The normalized spacial score (nSPS) is 26.0. The molecule has 0 aromatic heterocycles. The van der Waals surface area contributed by atoms with E-state index in [1.54, 1.807) is 12.1 Å². The van der Waals surface area contributed by atoms with Crippen LogP contribution in [0.2, 0.25) is 0 Å². The van der Waals surface area contributed by atoms with Crippen LogP contribution in [0.1, 0.15) is 93.2 Å². The molecule has 1 nitrogen and oxygen atoms in total. The van der Waals surface area contributed by atoms with E-state index < -0.39 is 11.6 Å². The zero-order chi connectivity index (χ0) is 23.4. The first kappa shape index (κ1) is 23.9. The van der Waals surface area contributed by atoms with Crippen molar-refractivity contribution in [2.45, 2.75) is 76.5 Å². The predicted octanol–water partition coefficient (Wildman–Crippen LogP) is 8.78. The molecule has 33 heavy (non-hydrogen) atoms. The Bertz CT molecular complexity index is 967. The molecule has 0 bridgehead atoms. The summed E-state index contributed by atoms with van der Waals surface area (Å²) < 4.78 is 49.3. The fourth-order valence-corrected chi connectivity index (χ4v) is 5.72. The van der Waals surface area contributed by atoms with Crippen molar-refractivity contribution < 1.29 is 17.9 Å². The van der Waals surface area contributed by atoms with Gasteiger partial charge in [-0.1, -0.05) is 37.6 Å². The summed E-state index contributed by atoms with van der Waals surface area (Å²) in [6.07, 6.45) is 12.6. The van der Waals surface area contributed by atoms with Crippen LogP contribution < -0.4 is 4.74 Å². The van der Waals surface area contributed by atoms with Gasteiger partial charge in [-0.25, -0.2) is 13.2 Å². The third-order valence-electron chi connectivity index (χ3n) is 7.97. The summed E-state index contributed by atoms with van der Waals surface area (Å²) in [7, 11) is 1.52. The lowest BCUT2D eigenvalue weighted by Gasteiger charge is -2.30. The van der Waals surface area contributed by atoms with Crippen LogP contribution in [0.4, 0.5) is 13.2 Å². The Kier molecular flexibility index (Phi) is 7.82. The zero-order valence-corrected chi connectivity index (χ0v) is 19.8. The highest BCUT2D eigenvalue weighted by molar-refractivity contribution is 5.52. The number of rotatable bonds is 6. The molecule has 4 heteroatoms. The number of hydrogen-bond acceptors (Lipinski definition) is 1. The summed E-state index contributed by atoms with van der Waals surface area (Å²) in [4.78, 5) is 0. The third kappa shape index (κ3) is 5.47. The van der Waals surface area contributed by atoms with Gasteiger partial charge in [0.2, 0.25) is 0 Å². The molecule has 0 spiro atoms. The Balaban J connectivity index is 1.37. The molecular weight excluding hydrogens is 421 g/mol. The molecule has 0 heterocycles. The molecule has 0 unspecified atom stereocenters. The lowest BCUT2D eigenvalue weighted by atomic mass is 9.75. The molecule has 0 saturated heterocycles. The van der Waals surface area contributed by atoms with Crippen molar-refractivity contribution >= 4 is 6.08 Å². The first-order chi connectivity index (χ1) is 16.0. The van der Waals surface area contributed by atoms with E-state index >= 15 is 8.78 Å². The third-order valence-corrected chi connectivity index (χ3v) is 7.97. The van der Waals surface area contributed by atoms with Crippen LogP contribution in [0.5, 0.6) is 5.75 Å². The Hall–Kier alpha value is -2.23. The maximum Gasteiger partial charge on any atom is 0.162 e. The highest BCUT2D eigenvalue weighted by atomic mass is 19.2. The van der Waals surface area contributed by atoms with Crippen molar-refractivity contribution in [3.63, 3.8) is 0 Å². The molecule has 178 valence electrons. The molecule has 4 rings (SSSR count).